The van der Waals surface area contributed by atoms with E-state index in [1.54, 1.807) is 24.3 Å². The smallest absolute Gasteiger partial charge is 0.241 e. The van der Waals surface area contributed by atoms with Crippen LogP contribution in [0.1, 0.15) is 32.3 Å². The molecule has 1 aromatic rings. The van der Waals surface area contributed by atoms with Crippen LogP contribution in [0.15, 0.2) is 29.2 Å². The summed E-state index contributed by atoms with van der Waals surface area (Å²) in [5, 5.41) is 0. The van der Waals surface area contributed by atoms with Crippen LogP contribution in [0.5, 0.6) is 0 Å². The average molecular weight is 300 g/mol. The molecule has 0 heterocycles. The van der Waals surface area contributed by atoms with Crippen molar-refractivity contribution in [3.8, 4) is 0 Å². The van der Waals surface area contributed by atoms with Gasteiger partial charge in [-0.25, -0.2) is 8.42 Å². The Morgan fingerprint density at radius 2 is 1.74 bits per heavy atom. The first-order valence-electron chi connectivity index (χ1n) is 6.18. The summed E-state index contributed by atoms with van der Waals surface area (Å²) in [5.74, 6) is 0. The summed E-state index contributed by atoms with van der Waals surface area (Å²) in [5.41, 5.74) is 5.85. The molecule has 0 aliphatic carbocycles. The topological polar surface area (TPSA) is 72.2 Å². The standard InChI is InChI=1S/C13H20N2O2S2/c1-4-13(5-2,12(14)18)15-19(16,17)11-8-6-10(3)7-9-11/h6-9,15H,4-5H2,1-3H3,(H2,14,18). The third kappa shape index (κ3) is 3.52. The molecular weight excluding hydrogens is 280 g/mol. The van der Waals surface area contributed by atoms with Crippen LogP contribution in [0.25, 0.3) is 0 Å². The van der Waals surface area contributed by atoms with Crippen LogP contribution in [-0.2, 0) is 10.0 Å². The molecule has 3 N–H and O–H groups in total. The minimum Gasteiger partial charge on any atom is -0.392 e. The van der Waals surface area contributed by atoms with Crippen LogP contribution >= 0.6 is 12.2 Å². The van der Waals surface area contributed by atoms with E-state index in [0.717, 1.165) is 5.56 Å². The third-order valence-electron chi connectivity index (χ3n) is 3.34. The summed E-state index contributed by atoms with van der Waals surface area (Å²) in [4.78, 5) is 0.397. The van der Waals surface area contributed by atoms with Gasteiger partial charge in [0.2, 0.25) is 10.0 Å². The lowest BCUT2D eigenvalue weighted by Crippen LogP contribution is -2.55. The van der Waals surface area contributed by atoms with Gasteiger partial charge in [-0.15, -0.1) is 0 Å². The lowest BCUT2D eigenvalue weighted by Gasteiger charge is -2.31. The van der Waals surface area contributed by atoms with Crippen LogP contribution < -0.4 is 10.5 Å². The van der Waals surface area contributed by atoms with E-state index >= 15 is 0 Å². The predicted molar refractivity (Wildman–Crippen MR) is 81.6 cm³/mol. The molecule has 1 aromatic carbocycles. The second-order valence-corrected chi connectivity index (χ2v) is 6.69. The minimum atomic E-state index is -3.62. The number of sulfonamides is 1. The molecule has 0 saturated heterocycles. The molecule has 1 rings (SSSR count). The molecule has 106 valence electrons. The highest BCUT2D eigenvalue weighted by Gasteiger charge is 2.34. The van der Waals surface area contributed by atoms with Crippen molar-refractivity contribution in [2.24, 2.45) is 5.73 Å². The van der Waals surface area contributed by atoms with Crippen molar-refractivity contribution in [1.29, 1.82) is 0 Å². The molecule has 6 heteroatoms. The summed E-state index contributed by atoms with van der Waals surface area (Å²) >= 11 is 5.02. The Bertz CT molecular complexity index is 547. The van der Waals surface area contributed by atoms with Gasteiger partial charge in [-0.2, -0.15) is 4.72 Å². The molecule has 0 spiro atoms. The first-order valence-corrected chi connectivity index (χ1v) is 8.07. The van der Waals surface area contributed by atoms with E-state index in [4.69, 9.17) is 18.0 Å². The first-order chi connectivity index (χ1) is 8.77. The summed E-state index contributed by atoms with van der Waals surface area (Å²) < 4.78 is 27.4. The molecule has 0 aromatic heterocycles. The predicted octanol–water partition coefficient (Wildman–Crippen LogP) is 2.12. The van der Waals surface area contributed by atoms with Crippen LogP contribution in [0, 0.1) is 6.92 Å². The normalized spacial score (nSPS) is 12.4. The quantitative estimate of drug-likeness (QED) is 0.789. The van der Waals surface area contributed by atoms with Crippen molar-refractivity contribution in [3.05, 3.63) is 29.8 Å². The van der Waals surface area contributed by atoms with E-state index in [1.807, 2.05) is 20.8 Å². The summed E-state index contributed by atoms with van der Waals surface area (Å²) in [7, 11) is -3.62. The number of thiocarbonyl (C=S) groups is 1. The zero-order valence-corrected chi connectivity index (χ0v) is 13.1. The van der Waals surface area contributed by atoms with Crippen molar-refractivity contribution in [3.63, 3.8) is 0 Å². The number of rotatable bonds is 6. The SMILES string of the molecule is CCC(CC)(NS(=O)(=O)c1ccc(C)cc1)C(N)=S. The van der Waals surface area contributed by atoms with Crippen molar-refractivity contribution in [2.75, 3.05) is 0 Å². The molecule has 0 saturated carbocycles. The Kier molecular flexibility index (Phi) is 5.06. The van der Waals surface area contributed by atoms with Gasteiger partial charge in [0.25, 0.3) is 0 Å². The molecule has 0 fully saturated rings. The Morgan fingerprint density at radius 1 is 1.26 bits per heavy atom. The number of benzene rings is 1. The first kappa shape index (κ1) is 16.1. The highest BCUT2D eigenvalue weighted by molar-refractivity contribution is 7.89. The van der Waals surface area contributed by atoms with E-state index < -0.39 is 15.6 Å². The van der Waals surface area contributed by atoms with Crippen molar-refractivity contribution < 1.29 is 8.42 Å². The zero-order valence-electron chi connectivity index (χ0n) is 11.4. The number of nitrogens with two attached hydrogens (primary N) is 1. The van der Waals surface area contributed by atoms with Crippen molar-refractivity contribution in [1.82, 2.24) is 4.72 Å². The molecule has 0 atom stereocenters. The van der Waals surface area contributed by atoms with Crippen LogP contribution in [0.4, 0.5) is 0 Å². The second-order valence-electron chi connectivity index (χ2n) is 4.57. The molecule has 0 aliphatic heterocycles. The molecule has 0 radical (unpaired) electrons. The van der Waals surface area contributed by atoms with Crippen LogP contribution in [0.2, 0.25) is 0 Å². The van der Waals surface area contributed by atoms with Gasteiger partial charge in [0, 0.05) is 0 Å². The van der Waals surface area contributed by atoms with Gasteiger partial charge in [0.15, 0.2) is 0 Å². The van der Waals surface area contributed by atoms with Gasteiger partial charge in [-0.1, -0.05) is 43.8 Å². The molecule has 0 bridgehead atoms. The van der Waals surface area contributed by atoms with E-state index in [-0.39, 0.29) is 9.88 Å². The van der Waals surface area contributed by atoms with Gasteiger partial charge in [-0.05, 0) is 31.9 Å². The molecule has 0 unspecified atom stereocenters. The largest absolute Gasteiger partial charge is 0.392 e. The number of hydrogen-bond donors (Lipinski definition) is 2. The highest BCUT2D eigenvalue weighted by atomic mass is 32.2. The Morgan fingerprint density at radius 3 is 2.11 bits per heavy atom. The Hall–Kier alpha value is -0.980. The fourth-order valence-electron chi connectivity index (χ4n) is 1.83. The molecule has 0 amide bonds. The maximum Gasteiger partial charge on any atom is 0.241 e. The summed E-state index contributed by atoms with van der Waals surface area (Å²) in [6.45, 7) is 5.63. The van der Waals surface area contributed by atoms with Crippen molar-refractivity contribution >= 4 is 27.2 Å². The van der Waals surface area contributed by atoms with Gasteiger partial charge < -0.3 is 5.73 Å². The molecule has 0 aliphatic rings. The lowest BCUT2D eigenvalue weighted by atomic mass is 9.94. The number of aryl methyl sites for hydroxylation is 1. The van der Waals surface area contributed by atoms with Gasteiger partial charge in [-0.3, -0.25) is 0 Å². The minimum absolute atomic E-state index is 0.174. The maximum atomic E-state index is 12.4. The fourth-order valence-corrected chi connectivity index (χ4v) is 3.76. The van der Waals surface area contributed by atoms with Gasteiger partial charge in [0.05, 0.1) is 15.4 Å². The van der Waals surface area contributed by atoms with Crippen LogP contribution in [0.3, 0.4) is 0 Å². The van der Waals surface area contributed by atoms with E-state index in [2.05, 4.69) is 4.72 Å². The Labute approximate surface area is 120 Å². The third-order valence-corrected chi connectivity index (χ3v) is 5.28. The van der Waals surface area contributed by atoms with E-state index in [1.165, 1.54) is 0 Å². The van der Waals surface area contributed by atoms with Crippen molar-refractivity contribution in [2.45, 2.75) is 44.0 Å². The lowest BCUT2D eigenvalue weighted by molar-refractivity contribution is 0.466. The number of nitrogens with one attached hydrogen (secondary N) is 1. The molecule has 19 heavy (non-hydrogen) atoms. The molecular formula is C13H20N2O2S2. The Balaban J connectivity index is 3.14. The highest BCUT2D eigenvalue weighted by Crippen LogP contribution is 2.20. The monoisotopic (exact) mass is 300 g/mol. The maximum absolute atomic E-state index is 12.4. The van der Waals surface area contributed by atoms with Gasteiger partial charge in [0.1, 0.15) is 0 Å². The second kappa shape index (κ2) is 5.98. The van der Waals surface area contributed by atoms with Gasteiger partial charge >= 0.3 is 0 Å². The summed E-state index contributed by atoms with van der Waals surface area (Å²) in [6.07, 6.45) is 1.04. The number of hydrogen-bond acceptors (Lipinski definition) is 3. The van der Waals surface area contributed by atoms with E-state index in [0.29, 0.717) is 12.8 Å². The van der Waals surface area contributed by atoms with Crippen LogP contribution in [-0.4, -0.2) is 18.9 Å². The average Bonchev–Trinajstić information content (AvgIpc) is 2.36. The van der Waals surface area contributed by atoms with E-state index in [9.17, 15) is 8.42 Å². The summed E-state index contributed by atoms with van der Waals surface area (Å²) in [6, 6.07) is 6.67. The fraction of sp³-hybridized carbons (Fsp3) is 0.462. The molecule has 4 nitrogen and oxygen atoms in total. The zero-order chi connectivity index (χ0) is 14.7.